The molecule has 8 atom stereocenters. The third-order valence-corrected chi connectivity index (χ3v) is 10.7. The second kappa shape index (κ2) is 9.24. The lowest BCUT2D eigenvalue weighted by atomic mass is 9.44. The number of aliphatic hydroxyl groups excluding tert-OH is 1. The molecule has 3 aliphatic carbocycles. The fourth-order valence-electron chi connectivity index (χ4n) is 8.13. The molecule has 1 aliphatic heterocycles. The largest absolute Gasteiger partial charge is 0.491 e. The van der Waals surface area contributed by atoms with E-state index >= 15 is 0 Å². The zero-order valence-electron chi connectivity index (χ0n) is 22.4. The molecule has 37 heavy (non-hydrogen) atoms. The van der Waals surface area contributed by atoms with Crippen LogP contribution in [0.4, 0.5) is 0 Å². The first-order valence-corrected chi connectivity index (χ1v) is 13.6. The van der Waals surface area contributed by atoms with Crippen LogP contribution in [0.5, 0.6) is 5.75 Å². The standard InChI is InChI=1S/C29H39BO7/c1-6-27(4)14-23(37-24(32)16-35-20-7-8-21-19(13-20)15-36-30(21)34)28(5)17(2)9-11-29(18(3)26(27)33)12-10-22(31)25(28)29/h6-8,13,17-18,23,25-26,33-34H,1,9-12,14-16H2,2-5H3/t17-,18-,23+,25-,26-,27+,28-,29-/m0/s1. The molecule has 0 amide bonds. The molecule has 3 fully saturated rings. The molecular formula is C29H39BO7. The Morgan fingerprint density at radius 3 is 2.78 bits per heavy atom. The van der Waals surface area contributed by atoms with E-state index in [0.29, 0.717) is 24.1 Å². The molecule has 7 nitrogen and oxygen atoms in total. The second-order valence-electron chi connectivity index (χ2n) is 12.4. The number of benzene rings is 1. The summed E-state index contributed by atoms with van der Waals surface area (Å²) in [6.45, 7) is 12.4. The third kappa shape index (κ3) is 3.98. The van der Waals surface area contributed by atoms with Crippen molar-refractivity contribution < 1.29 is 33.8 Å². The lowest BCUT2D eigenvalue weighted by molar-refractivity contribution is -0.207. The lowest BCUT2D eigenvalue weighted by Gasteiger charge is -2.61. The maximum atomic E-state index is 13.5. The molecule has 1 aromatic carbocycles. The van der Waals surface area contributed by atoms with E-state index in [9.17, 15) is 19.7 Å². The molecule has 0 aromatic heterocycles. The van der Waals surface area contributed by atoms with Crippen molar-refractivity contribution in [2.45, 2.75) is 78.6 Å². The van der Waals surface area contributed by atoms with Crippen LogP contribution in [0, 0.1) is 34.0 Å². The quantitative estimate of drug-likeness (QED) is 0.356. The number of aliphatic hydroxyl groups is 1. The number of esters is 1. The number of hydrogen-bond donors (Lipinski definition) is 2. The zero-order chi connectivity index (χ0) is 26.8. The number of ether oxygens (including phenoxy) is 2. The van der Waals surface area contributed by atoms with Crippen LogP contribution in [0.3, 0.4) is 0 Å². The highest BCUT2D eigenvalue weighted by Crippen LogP contribution is 2.68. The number of fused-ring (bicyclic) bond motifs is 1. The molecule has 5 rings (SSSR count). The predicted octanol–water partition coefficient (Wildman–Crippen LogP) is 3.19. The van der Waals surface area contributed by atoms with E-state index in [-0.39, 0.29) is 42.2 Å². The summed E-state index contributed by atoms with van der Waals surface area (Å²) in [6.07, 6.45) is 4.02. The normalized spacial score (nSPS) is 40.9. The van der Waals surface area contributed by atoms with Gasteiger partial charge < -0.3 is 24.3 Å². The Kier molecular flexibility index (Phi) is 6.61. The monoisotopic (exact) mass is 510 g/mol. The molecule has 1 aromatic rings. The molecule has 0 saturated heterocycles. The SMILES string of the molecule is C=C[C@]1(C)C[C@@H](OC(=O)COc2ccc3c(c2)COB3O)[C@@]2(C)[C@@H]3C(=O)CC[C@@]3(CC[C@@H]2C)[C@@H](C)[C@@H]1O. The Morgan fingerprint density at radius 1 is 1.30 bits per heavy atom. The van der Waals surface area contributed by atoms with Gasteiger partial charge in [0, 0.05) is 23.2 Å². The minimum atomic E-state index is -0.936. The van der Waals surface area contributed by atoms with Crippen molar-refractivity contribution in [2.75, 3.05) is 6.61 Å². The summed E-state index contributed by atoms with van der Waals surface area (Å²) in [5.41, 5.74) is -0.0109. The molecular weight excluding hydrogens is 471 g/mol. The molecule has 1 heterocycles. The van der Waals surface area contributed by atoms with E-state index < -0.39 is 36.1 Å². The lowest BCUT2D eigenvalue weighted by Crippen LogP contribution is -2.63. The van der Waals surface area contributed by atoms with Gasteiger partial charge in [-0.25, -0.2) is 4.79 Å². The summed E-state index contributed by atoms with van der Waals surface area (Å²) in [5, 5.41) is 21.4. The van der Waals surface area contributed by atoms with Gasteiger partial charge in [0.15, 0.2) is 6.61 Å². The maximum absolute atomic E-state index is 13.5. The number of hydrogen-bond acceptors (Lipinski definition) is 7. The van der Waals surface area contributed by atoms with Crippen LogP contribution in [0.15, 0.2) is 30.9 Å². The van der Waals surface area contributed by atoms with Crippen molar-refractivity contribution >= 4 is 24.3 Å². The Hall–Kier alpha value is -2.16. The summed E-state index contributed by atoms with van der Waals surface area (Å²) in [4.78, 5) is 26.7. The molecule has 2 bridgehead atoms. The highest BCUT2D eigenvalue weighted by Gasteiger charge is 2.68. The molecule has 3 saturated carbocycles. The van der Waals surface area contributed by atoms with E-state index in [0.717, 1.165) is 24.8 Å². The van der Waals surface area contributed by atoms with Gasteiger partial charge in [-0.3, -0.25) is 4.79 Å². The Bertz CT molecular complexity index is 1110. The van der Waals surface area contributed by atoms with E-state index in [4.69, 9.17) is 14.1 Å². The van der Waals surface area contributed by atoms with Gasteiger partial charge in [-0.2, -0.15) is 0 Å². The third-order valence-electron chi connectivity index (χ3n) is 10.7. The first-order chi connectivity index (χ1) is 17.5. The van der Waals surface area contributed by atoms with Crippen molar-refractivity contribution in [2.24, 2.45) is 34.0 Å². The highest BCUT2D eigenvalue weighted by molar-refractivity contribution is 6.61. The zero-order valence-corrected chi connectivity index (χ0v) is 22.4. The van der Waals surface area contributed by atoms with Crippen LogP contribution < -0.4 is 10.2 Å². The van der Waals surface area contributed by atoms with Crippen molar-refractivity contribution in [3.63, 3.8) is 0 Å². The summed E-state index contributed by atoms with van der Waals surface area (Å²) in [6, 6.07) is 5.19. The van der Waals surface area contributed by atoms with Crippen LogP contribution in [-0.2, 0) is 25.6 Å². The van der Waals surface area contributed by atoms with Crippen LogP contribution in [-0.4, -0.2) is 47.8 Å². The molecule has 0 radical (unpaired) electrons. The second-order valence-corrected chi connectivity index (χ2v) is 12.4. The van der Waals surface area contributed by atoms with Gasteiger partial charge in [0.05, 0.1) is 12.7 Å². The van der Waals surface area contributed by atoms with Crippen LogP contribution in [0.2, 0.25) is 0 Å². The molecule has 4 aliphatic rings. The molecule has 8 heteroatoms. The van der Waals surface area contributed by atoms with Crippen LogP contribution >= 0.6 is 0 Å². The van der Waals surface area contributed by atoms with Crippen molar-refractivity contribution in [1.82, 2.24) is 0 Å². The predicted molar refractivity (Wildman–Crippen MR) is 139 cm³/mol. The number of ketones is 1. The number of carbonyl (C=O) groups is 2. The summed E-state index contributed by atoms with van der Waals surface area (Å²) in [7, 11) is -0.936. The smallest absolute Gasteiger partial charge is 0.482 e. The van der Waals surface area contributed by atoms with E-state index in [1.54, 1.807) is 24.3 Å². The summed E-state index contributed by atoms with van der Waals surface area (Å²) < 4.78 is 17.2. The van der Waals surface area contributed by atoms with E-state index in [2.05, 4.69) is 27.4 Å². The van der Waals surface area contributed by atoms with Crippen LogP contribution in [0.25, 0.3) is 0 Å². The van der Waals surface area contributed by atoms with Gasteiger partial charge in [0.2, 0.25) is 0 Å². The van der Waals surface area contributed by atoms with E-state index in [1.165, 1.54) is 0 Å². The minimum absolute atomic E-state index is 0.0685. The van der Waals surface area contributed by atoms with Gasteiger partial charge >= 0.3 is 13.1 Å². The fourth-order valence-corrected chi connectivity index (χ4v) is 8.13. The Morgan fingerprint density at radius 2 is 2.05 bits per heavy atom. The van der Waals surface area contributed by atoms with Gasteiger partial charge in [0.1, 0.15) is 17.6 Å². The van der Waals surface area contributed by atoms with Crippen molar-refractivity contribution in [3.8, 4) is 5.75 Å². The average Bonchev–Trinajstić information content (AvgIpc) is 3.43. The van der Waals surface area contributed by atoms with Gasteiger partial charge in [-0.05, 0) is 66.1 Å². The van der Waals surface area contributed by atoms with Crippen LogP contribution in [0.1, 0.15) is 65.4 Å². The number of Topliss-reactive ketones (excluding diaryl/α,β-unsaturated/α-hetero) is 1. The highest BCUT2D eigenvalue weighted by atomic mass is 16.6. The van der Waals surface area contributed by atoms with Gasteiger partial charge in [-0.1, -0.05) is 39.8 Å². The summed E-state index contributed by atoms with van der Waals surface area (Å²) in [5.74, 6) is 0.0618. The van der Waals surface area contributed by atoms with Crippen molar-refractivity contribution in [1.29, 1.82) is 0 Å². The minimum Gasteiger partial charge on any atom is -0.482 e. The number of carbonyl (C=O) groups excluding carboxylic acids is 2. The first-order valence-electron chi connectivity index (χ1n) is 13.6. The first kappa shape index (κ1) is 26.5. The number of rotatable bonds is 5. The Balaban J connectivity index is 1.42. The molecule has 200 valence electrons. The van der Waals surface area contributed by atoms with Gasteiger partial charge in [-0.15, -0.1) is 6.58 Å². The van der Waals surface area contributed by atoms with Gasteiger partial charge in [0.25, 0.3) is 0 Å². The Labute approximate surface area is 219 Å². The average molecular weight is 510 g/mol. The molecule has 0 unspecified atom stereocenters. The fraction of sp³-hybridized carbons (Fsp3) is 0.655. The topological polar surface area (TPSA) is 102 Å². The van der Waals surface area contributed by atoms with Crippen molar-refractivity contribution in [3.05, 3.63) is 36.4 Å². The van der Waals surface area contributed by atoms with E-state index in [1.807, 2.05) is 6.92 Å². The summed E-state index contributed by atoms with van der Waals surface area (Å²) >= 11 is 0. The molecule has 0 spiro atoms. The maximum Gasteiger partial charge on any atom is 0.491 e. The molecule has 2 N–H and O–H groups in total.